The smallest absolute Gasteiger partial charge is 0.435 e. The second kappa shape index (κ2) is 8.68. The lowest BCUT2D eigenvalue weighted by Crippen LogP contribution is -2.42. The van der Waals surface area contributed by atoms with Gasteiger partial charge in [-0.25, -0.2) is 4.39 Å². The Bertz CT molecular complexity index is 1270. The first-order valence-electron chi connectivity index (χ1n) is 10.5. The molecule has 1 aromatic carbocycles. The molecule has 0 fully saturated rings. The summed E-state index contributed by atoms with van der Waals surface area (Å²) in [5, 5.41) is 13.0. The van der Waals surface area contributed by atoms with Crippen molar-refractivity contribution < 1.29 is 22.1 Å². The number of aryl methyl sites for hydroxylation is 1. The van der Waals surface area contributed by atoms with E-state index in [1.54, 1.807) is 44.1 Å². The van der Waals surface area contributed by atoms with Gasteiger partial charge in [0.05, 0.1) is 6.54 Å². The Morgan fingerprint density at radius 3 is 2.56 bits per heavy atom. The maximum Gasteiger partial charge on any atom is 0.435 e. The van der Waals surface area contributed by atoms with Gasteiger partial charge in [0.25, 0.3) is 0 Å². The lowest BCUT2D eigenvalue weighted by molar-refractivity contribution is -0.141. The van der Waals surface area contributed by atoms with Crippen molar-refractivity contribution >= 4 is 22.7 Å². The van der Waals surface area contributed by atoms with E-state index in [0.717, 1.165) is 15.6 Å². The van der Waals surface area contributed by atoms with E-state index in [9.17, 15) is 23.0 Å². The van der Waals surface area contributed by atoms with E-state index in [2.05, 4.69) is 11.2 Å². The van der Waals surface area contributed by atoms with Crippen molar-refractivity contribution in [2.75, 3.05) is 0 Å². The maximum atomic E-state index is 15.3. The molecule has 0 amide bonds. The summed E-state index contributed by atoms with van der Waals surface area (Å²) in [6, 6.07) is 7.05. The molecular weight excluding hydrogens is 488 g/mol. The Morgan fingerprint density at radius 2 is 1.97 bits per heavy atom. The van der Waals surface area contributed by atoms with Crippen LogP contribution in [0.5, 0.6) is 0 Å². The number of fused-ring (bicyclic) bond motifs is 1. The standard InChI is InChI=1S/C23H22F4N4OS2/c1-5-30-11-16(21(29-30)23(25,26)27)19-14(7-6-8-17(19)24)20-15-9-13(10-28)33-18(15)12-31(20)34(32)22(2,3)4/h6-9,11,20H,5,12H2,1-4H3/t20-,34?/m0/s1. The topological polar surface area (TPSA) is 67.9 Å². The van der Waals surface area contributed by atoms with Gasteiger partial charge in [0.2, 0.25) is 0 Å². The van der Waals surface area contributed by atoms with Crippen LogP contribution in [0, 0.1) is 17.1 Å². The minimum Gasteiger partial charge on any atom is -0.597 e. The molecule has 34 heavy (non-hydrogen) atoms. The Hall–Kier alpha value is -2.39. The number of nitrogens with zero attached hydrogens (tertiary/aromatic N) is 4. The fourth-order valence-electron chi connectivity index (χ4n) is 4.10. The number of hydrogen-bond acceptors (Lipinski definition) is 5. The molecule has 0 N–H and O–H groups in total. The third kappa shape index (κ3) is 4.24. The van der Waals surface area contributed by atoms with Crippen LogP contribution in [-0.4, -0.2) is 23.4 Å². The van der Waals surface area contributed by atoms with Gasteiger partial charge < -0.3 is 4.55 Å². The molecule has 3 aromatic rings. The molecule has 5 nitrogen and oxygen atoms in total. The fraction of sp³-hybridized carbons (Fsp3) is 0.391. The first kappa shape index (κ1) is 24.7. The number of halogens is 4. The Morgan fingerprint density at radius 1 is 1.26 bits per heavy atom. The molecule has 2 aromatic heterocycles. The van der Waals surface area contributed by atoms with Gasteiger partial charge in [0, 0.05) is 40.1 Å². The van der Waals surface area contributed by atoms with E-state index in [-0.39, 0.29) is 29.8 Å². The van der Waals surface area contributed by atoms with Crippen LogP contribution in [0.3, 0.4) is 0 Å². The monoisotopic (exact) mass is 510 g/mol. The van der Waals surface area contributed by atoms with Gasteiger partial charge >= 0.3 is 6.18 Å². The molecule has 1 aliphatic rings. The van der Waals surface area contributed by atoms with Crippen molar-refractivity contribution in [2.24, 2.45) is 0 Å². The molecule has 1 aliphatic heterocycles. The van der Waals surface area contributed by atoms with Gasteiger partial charge in [-0.1, -0.05) is 12.1 Å². The predicted octanol–water partition coefficient (Wildman–Crippen LogP) is 6.03. The largest absolute Gasteiger partial charge is 0.597 e. The van der Waals surface area contributed by atoms with Crippen molar-refractivity contribution in [3.63, 3.8) is 0 Å². The Balaban J connectivity index is 1.98. The summed E-state index contributed by atoms with van der Waals surface area (Å²) in [6.07, 6.45) is -3.60. The molecular formula is C23H22F4N4OS2. The Kier molecular flexibility index (Phi) is 6.31. The molecule has 3 heterocycles. The molecule has 0 saturated heterocycles. The fourth-order valence-corrected chi connectivity index (χ4v) is 6.54. The van der Waals surface area contributed by atoms with Crippen molar-refractivity contribution in [3.8, 4) is 17.2 Å². The summed E-state index contributed by atoms with van der Waals surface area (Å²) in [5.41, 5.74) is -0.867. The van der Waals surface area contributed by atoms with E-state index in [1.165, 1.54) is 23.6 Å². The third-order valence-electron chi connectivity index (χ3n) is 5.53. The highest BCUT2D eigenvalue weighted by Crippen LogP contribution is 2.49. The summed E-state index contributed by atoms with van der Waals surface area (Å²) in [7, 11) is 0. The highest BCUT2D eigenvalue weighted by atomic mass is 32.2. The Labute approximate surface area is 201 Å². The van der Waals surface area contributed by atoms with Gasteiger partial charge in [0.15, 0.2) is 5.69 Å². The predicted molar refractivity (Wildman–Crippen MR) is 123 cm³/mol. The van der Waals surface area contributed by atoms with E-state index in [0.29, 0.717) is 10.4 Å². The van der Waals surface area contributed by atoms with Crippen LogP contribution >= 0.6 is 11.3 Å². The van der Waals surface area contributed by atoms with Crippen molar-refractivity contribution in [1.82, 2.24) is 14.1 Å². The second-order valence-corrected chi connectivity index (χ2v) is 12.2. The number of hydrogen-bond donors (Lipinski definition) is 0. The number of thiophene rings is 1. The summed E-state index contributed by atoms with van der Waals surface area (Å²) in [5.74, 6) is -0.829. The molecule has 0 radical (unpaired) electrons. The average Bonchev–Trinajstić information content (AvgIpc) is 3.43. The second-order valence-electron chi connectivity index (χ2n) is 8.89. The quantitative estimate of drug-likeness (QED) is 0.318. The third-order valence-corrected chi connectivity index (χ3v) is 8.39. The van der Waals surface area contributed by atoms with Gasteiger partial charge in [-0.05, 0) is 51.0 Å². The lowest BCUT2D eigenvalue weighted by atomic mass is 9.92. The molecule has 11 heteroatoms. The van der Waals surface area contributed by atoms with Crippen LogP contribution in [0.2, 0.25) is 0 Å². The number of nitriles is 1. The minimum atomic E-state index is -4.79. The van der Waals surface area contributed by atoms with Crippen LogP contribution in [-0.2, 0) is 30.6 Å². The normalized spacial score (nSPS) is 17.6. The first-order chi connectivity index (χ1) is 15.9. The molecule has 0 saturated carbocycles. The van der Waals surface area contributed by atoms with E-state index >= 15 is 4.39 Å². The molecule has 0 bridgehead atoms. The van der Waals surface area contributed by atoms with Crippen LogP contribution < -0.4 is 0 Å². The SMILES string of the molecule is CCn1cc(-c2c(F)cccc2[C@H]2c3cc(C#N)sc3CN2[S+]([O-])C(C)(C)C)c(C(F)(F)F)n1. The van der Waals surface area contributed by atoms with Crippen molar-refractivity contribution in [3.05, 3.63) is 62.9 Å². The number of aromatic nitrogens is 2. The van der Waals surface area contributed by atoms with Gasteiger partial charge in [-0.2, -0.15) is 23.5 Å². The number of alkyl halides is 3. The zero-order valence-electron chi connectivity index (χ0n) is 18.9. The van der Waals surface area contributed by atoms with Crippen LogP contribution in [0.1, 0.15) is 60.3 Å². The summed E-state index contributed by atoms with van der Waals surface area (Å²) in [6.45, 7) is 7.46. The maximum absolute atomic E-state index is 15.3. The zero-order chi connectivity index (χ0) is 25.0. The van der Waals surface area contributed by atoms with Crippen LogP contribution in [0.25, 0.3) is 11.1 Å². The van der Waals surface area contributed by atoms with E-state index < -0.39 is 39.8 Å². The minimum absolute atomic E-state index is 0.177. The lowest BCUT2D eigenvalue weighted by Gasteiger charge is -2.34. The molecule has 1 unspecified atom stereocenters. The van der Waals surface area contributed by atoms with Gasteiger partial charge in [-0.3, -0.25) is 4.68 Å². The summed E-state index contributed by atoms with van der Waals surface area (Å²) >= 11 is -0.309. The first-order valence-corrected chi connectivity index (χ1v) is 12.4. The summed E-state index contributed by atoms with van der Waals surface area (Å²) < 4.78 is 72.6. The highest BCUT2D eigenvalue weighted by Gasteiger charge is 2.47. The summed E-state index contributed by atoms with van der Waals surface area (Å²) in [4.78, 5) is 1.22. The van der Waals surface area contributed by atoms with E-state index in [1.807, 2.05) is 0 Å². The van der Waals surface area contributed by atoms with E-state index in [4.69, 9.17) is 0 Å². The molecule has 4 rings (SSSR count). The van der Waals surface area contributed by atoms with Gasteiger partial charge in [0.1, 0.15) is 27.6 Å². The highest BCUT2D eigenvalue weighted by molar-refractivity contribution is 7.90. The van der Waals surface area contributed by atoms with Crippen LogP contribution in [0.15, 0.2) is 30.5 Å². The number of rotatable bonds is 4. The zero-order valence-corrected chi connectivity index (χ0v) is 20.5. The van der Waals surface area contributed by atoms with Crippen LogP contribution in [0.4, 0.5) is 17.6 Å². The average molecular weight is 511 g/mol. The molecule has 0 spiro atoms. The molecule has 180 valence electrons. The van der Waals surface area contributed by atoms with Gasteiger partial charge in [-0.15, -0.1) is 15.6 Å². The molecule has 2 atom stereocenters. The van der Waals surface area contributed by atoms with Crippen molar-refractivity contribution in [2.45, 2.75) is 57.7 Å². The number of benzene rings is 1. The van der Waals surface area contributed by atoms with Crippen molar-refractivity contribution in [1.29, 1.82) is 5.26 Å². The molecule has 0 aliphatic carbocycles.